The van der Waals surface area contributed by atoms with Gasteiger partial charge in [0.15, 0.2) is 0 Å². The number of sulfonamides is 1. The molecule has 7 heteroatoms. The first-order valence-corrected chi connectivity index (χ1v) is 10.9. The van der Waals surface area contributed by atoms with E-state index < -0.39 is 10.0 Å². The fourth-order valence-electron chi connectivity index (χ4n) is 3.68. The van der Waals surface area contributed by atoms with E-state index in [9.17, 15) is 8.42 Å². The number of anilines is 1. The van der Waals surface area contributed by atoms with Gasteiger partial charge in [-0.2, -0.15) is 5.10 Å². The van der Waals surface area contributed by atoms with Gasteiger partial charge in [-0.3, -0.25) is 9.40 Å². The molecule has 2 aromatic rings. The molecule has 0 amide bonds. The maximum atomic E-state index is 13.0. The summed E-state index contributed by atoms with van der Waals surface area (Å²) in [5.41, 5.74) is 1.35. The highest BCUT2D eigenvalue weighted by molar-refractivity contribution is 7.92. The zero-order valence-corrected chi connectivity index (χ0v) is 17.6. The highest BCUT2D eigenvalue weighted by Gasteiger charge is 2.28. The molecule has 1 aliphatic carbocycles. The van der Waals surface area contributed by atoms with Crippen LogP contribution >= 0.6 is 0 Å². The summed E-state index contributed by atoms with van der Waals surface area (Å²) < 4.78 is 36.3. The minimum absolute atomic E-state index is 0.240. The Morgan fingerprint density at radius 2 is 1.70 bits per heavy atom. The predicted octanol–water partition coefficient (Wildman–Crippen LogP) is 4.38. The normalized spacial score (nSPS) is 15.9. The van der Waals surface area contributed by atoms with Crippen molar-refractivity contribution in [3.05, 3.63) is 35.7 Å². The van der Waals surface area contributed by atoms with E-state index in [-0.39, 0.29) is 16.5 Å². The molecule has 1 saturated carbocycles. The number of aromatic nitrogens is 2. The molecule has 0 spiro atoms. The van der Waals surface area contributed by atoms with Crippen molar-refractivity contribution in [2.45, 2.75) is 76.8 Å². The van der Waals surface area contributed by atoms with Crippen molar-refractivity contribution in [3.63, 3.8) is 0 Å². The number of rotatable bonds is 5. The molecule has 0 radical (unpaired) electrons. The molecule has 27 heavy (non-hydrogen) atoms. The molecule has 148 valence electrons. The smallest absolute Gasteiger partial charge is 0.265 e. The van der Waals surface area contributed by atoms with Gasteiger partial charge in [0.1, 0.15) is 10.6 Å². The van der Waals surface area contributed by atoms with E-state index in [1.54, 1.807) is 30.7 Å². The maximum absolute atomic E-state index is 13.0. The Hall–Kier alpha value is -2.02. The molecular weight excluding hydrogens is 362 g/mol. The van der Waals surface area contributed by atoms with Crippen LogP contribution in [0.2, 0.25) is 0 Å². The summed E-state index contributed by atoms with van der Waals surface area (Å²) in [5.74, 6) is 0.776. The first-order valence-electron chi connectivity index (χ1n) is 9.44. The Labute approximate surface area is 162 Å². The van der Waals surface area contributed by atoms with Crippen molar-refractivity contribution in [2.75, 3.05) is 4.72 Å². The van der Waals surface area contributed by atoms with E-state index in [1.165, 1.54) is 12.8 Å². The molecule has 0 saturated heterocycles. The van der Waals surface area contributed by atoms with Gasteiger partial charge < -0.3 is 4.74 Å². The second kappa shape index (κ2) is 7.19. The van der Waals surface area contributed by atoms with Crippen molar-refractivity contribution in [1.82, 2.24) is 9.78 Å². The lowest BCUT2D eigenvalue weighted by Gasteiger charge is -2.21. The summed E-state index contributed by atoms with van der Waals surface area (Å²) in [5, 5.41) is 4.44. The maximum Gasteiger partial charge on any atom is 0.265 e. The summed E-state index contributed by atoms with van der Waals surface area (Å²) in [4.78, 5) is 0.240. The Kier molecular flexibility index (Phi) is 5.25. The molecule has 1 heterocycles. The fourth-order valence-corrected chi connectivity index (χ4v) is 5.13. The molecule has 0 aliphatic heterocycles. The molecular formula is C20H29N3O3S. The summed E-state index contributed by atoms with van der Waals surface area (Å²) in [6, 6.07) is 7.10. The van der Waals surface area contributed by atoms with Crippen LogP contribution in [-0.2, 0) is 15.6 Å². The average molecular weight is 392 g/mol. The van der Waals surface area contributed by atoms with Crippen molar-refractivity contribution in [2.24, 2.45) is 0 Å². The molecule has 0 atom stereocenters. The Balaban J connectivity index is 1.79. The van der Waals surface area contributed by atoms with E-state index in [1.807, 2.05) is 32.9 Å². The third kappa shape index (κ3) is 4.29. The molecule has 3 rings (SSSR count). The highest BCUT2D eigenvalue weighted by atomic mass is 32.2. The van der Waals surface area contributed by atoms with Gasteiger partial charge in [-0.25, -0.2) is 8.42 Å². The minimum Gasteiger partial charge on any atom is -0.490 e. The Bertz CT molecular complexity index is 903. The molecule has 0 bridgehead atoms. The molecule has 1 N–H and O–H groups in total. The van der Waals surface area contributed by atoms with E-state index in [0.29, 0.717) is 17.1 Å². The van der Waals surface area contributed by atoms with Gasteiger partial charge in [-0.15, -0.1) is 0 Å². The second-order valence-electron chi connectivity index (χ2n) is 8.24. The zero-order chi connectivity index (χ0) is 19.8. The van der Waals surface area contributed by atoms with Crippen LogP contribution in [0.3, 0.4) is 0 Å². The van der Waals surface area contributed by atoms with E-state index in [4.69, 9.17) is 4.74 Å². The van der Waals surface area contributed by atoms with Crippen LogP contribution < -0.4 is 9.46 Å². The van der Waals surface area contributed by atoms with Crippen molar-refractivity contribution >= 4 is 15.7 Å². The lowest BCUT2D eigenvalue weighted by Crippen LogP contribution is -2.25. The third-order valence-electron chi connectivity index (χ3n) is 4.84. The number of benzene rings is 1. The van der Waals surface area contributed by atoms with Gasteiger partial charge in [0.05, 0.1) is 23.0 Å². The van der Waals surface area contributed by atoms with Crippen molar-refractivity contribution < 1.29 is 13.2 Å². The molecule has 1 aliphatic rings. The van der Waals surface area contributed by atoms with Crippen molar-refractivity contribution in [3.8, 4) is 5.75 Å². The fraction of sp³-hybridized carbons (Fsp3) is 0.550. The SMILES string of the molecule is Cc1nn(C(C)(C)C)c(C)c1S(=O)(=O)Nc1ccc(OC2CCCC2)cc1. The molecule has 1 aromatic carbocycles. The lowest BCUT2D eigenvalue weighted by atomic mass is 10.1. The minimum atomic E-state index is -3.72. The zero-order valence-electron chi connectivity index (χ0n) is 16.7. The van der Waals surface area contributed by atoms with Gasteiger partial charge in [-0.1, -0.05) is 0 Å². The summed E-state index contributed by atoms with van der Waals surface area (Å²) in [6.45, 7) is 9.51. The first kappa shape index (κ1) is 19.7. The number of aryl methyl sites for hydroxylation is 1. The van der Waals surface area contributed by atoms with Crippen LogP contribution in [0.1, 0.15) is 57.8 Å². The molecule has 0 unspecified atom stereocenters. The summed E-state index contributed by atoms with van der Waals surface area (Å²) in [7, 11) is -3.72. The lowest BCUT2D eigenvalue weighted by molar-refractivity contribution is 0.210. The van der Waals surface area contributed by atoms with Crippen molar-refractivity contribution in [1.29, 1.82) is 0 Å². The van der Waals surface area contributed by atoms with Crippen LogP contribution in [0.5, 0.6) is 5.75 Å². The summed E-state index contributed by atoms with van der Waals surface area (Å²) >= 11 is 0. The Morgan fingerprint density at radius 3 is 2.22 bits per heavy atom. The van der Waals surface area contributed by atoms with Gasteiger partial charge in [0.25, 0.3) is 10.0 Å². The Morgan fingerprint density at radius 1 is 1.11 bits per heavy atom. The monoisotopic (exact) mass is 391 g/mol. The number of hydrogen-bond acceptors (Lipinski definition) is 4. The van der Waals surface area contributed by atoms with Gasteiger partial charge in [0, 0.05) is 5.69 Å². The van der Waals surface area contributed by atoms with E-state index in [0.717, 1.165) is 18.6 Å². The van der Waals surface area contributed by atoms with Gasteiger partial charge in [-0.05, 0) is 84.6 Å². The average Bonchev–Trinajstić information content (AvgIpc) is 3.16. The van der Waals surface area contributed by atoms with Crippen LogP contribution in [-0.4, -0.2) is 24.3 Å². The number of nitrogens with zero attached hydrogens (tertiary/aromatic N) is 2. The predicted molar refractivity (Wildman–Crippen MR) is 107 cm³/mol. The highest BCUT2D eigenvalue weighted by Crippen LogP contribution is 2.28. The van der Waals surface area contributed by atoms with Gasteiger partial charge in [0.2, 0.25) is 0 Å². The van der Waals surface area contributed by atoms with Gasteiger partial charge >= 0.3 is 0 Å². The second-order valence-corrected chi connectivity index (χ2v) is 9.86. The number of ether oxygens (including phenoxy) is 1. The topological polar surface area (TPSA) is 73.2 Å². The largest absolute Gasteiger partial charge is 0.490 e. The quantitative estimate of drug-likeness (QED) is 0.821. The molecule has 1 aromatic heterocycles. The van der Waals surface area contributed by atoms with Crippen LogP contribution in [0.15, 0.2) is 29.2 Å². The van der Waals surface area contributed by atoms with E-state index in [2.05, 4.69) is 9.82 Å². The third-order valence-corrected chi connectivity index (χ3v) is 6.47. The van der Waals surface area contributed by atoms with E-state index >= 15 is 0 Å². The molecule has 6 nitrogen and oxygen atoms in total. The summed E-state index contributed by atoms with van der Waals surface area (Å²) in [6.07, 6.45) is 4.88. The number of hydrogen-bond donors (Lipinski definition) is 1. The standard InChI is InChI=1S/C20H29N3O3S/c1-14-19(15(2)23(21-14)20(3,4)5)27(24,25)22-16-10-12-18(13-11-16)26-17-8-6-7-9-17/h10-13,17,22H,6-9H2,1-5H3. The number of nitrogens with one attached hydrogen (secondary N) is 1. The van der Waals surface area contributed by atoms with Crippen LogP contribution in [0.4, 0.5) is 5.69 Å². The van der Waals surface area contributed by atoms with Crippen LogP contribution in [0.25, 0.3) is 0 Å². The first-order chi connectivity index (χ1) is 12.6. The molecule has 1 fully saturated rings. The van der Waals surface area contributed by atoms with Crippen LogP contribution in [0, 0.1) is 13.8 Å².